The van der Waals surface area contributed by atoms with Gasteiger partial charge in [-0.15, -0.1) is 0 Å². The number of likely N-dealkylation sites (N-methyl/N-ethyl adjacent to an activating group) is 1. The summed E-state index contributed by atoms with van der Waals surface area (Å²) >= 11 is 9.27. The van der Waals surface area contributed by atoms with E-state index < -0.39 is 0 Å². The van der Waals surface area contributed by atoms with Crippen molar-refractivity contribution in [1.29, 1.82) is 0 Å². The monoisotopic (exact) mass is 419 g/mol. The molecule has 2 aromatic carbocycles. The van der Waals surface area contributed by atoms with Crippen molar-refractivity contribution in [3.8, 4) is 11.4 Å². The summed E-state index contributed by atoms with van der Waals surface area (Å²) in [7, 11) is 1.71. The van der Waals surface area contributed by atoms with E-state index in [2.05, 4.69) is 26.1 Å². The maximum atomic E-state index is 12.3. The number of amides is 1. The highest BCUT2D eigenvalue weighted by Crippen LogP contribution is 2.20. The lowest BCUT2D eigenvalue weighted by molar-refractivity contribution is -0.130. The molecule has 0 aliphatic carbocycles. The van der Waals surface area contributed by atoms with Crippen molar-refractivity contribution < 1.29 is 9.32 Å². The van der Waals surface area contributed by atoms with Crippen LogP contribution in [0.3, 0.4) is 0 Å². The average Bonchev–Trinajstić information content (AvgIpc) is 3.05. The fraction of sp³-hybridized carbons (Fsp3) is 0.167. The number of nitrogens with zero attached hydrogens (tertiary/aromatic N) is 3. The zero-order chi connectivity index (χ0) is 17.8. The van der Waals surface area contributed by atoms with Crippen LogP contribution in [0.1, 0.15) is 11.5 Å². The van der Waals surface area contributed by atoms with E-state index in [1.165, 1.54) is 0 Å². The molecule has 0 atom stereocenters. The fourth-order valence-corrected chi connectivity index (χ4v) is 2.79. The Hall–Kier alpha value is -2.18. The third-order valence-corrected chi connectivity index (χ3v) is 4.36. The zero-order valence-electron chi connectivity index (χ0n) is 13.4. The molecule has 0 saturated carbocycles. The van der Waals surface area contributed by atoms with Gasteiger partial charge in [0.25, 0.3) is 0 Å². The van der Waals surface area contributed by atoms with Crippen LogP contribution in [0.5, 0.6) is 0 Å². The largest absolute Gasteiger partial charge is 0.337 e. The fourth-order valence-electron chi connectivity index (χ4n) is 2.27. The van der Waals surface area contributed by atoms with Gasteiger partial charge in [0.15, 0.2) is 0 Å². The lowest BCUT2D eigenvalue weighted by Crippen LogP contribution is -2.27. The van der Waals surface area contributed by atoms with Crippen LogP contribution in [0, 0.1) is 0 Å². The van der Waals surface area contributed by atoms with Crippen LogP contribution in [-0.4, -0.2) is 28.0 Å². The molecule has 3 rings (SSSR count). The molecule has 0 unspecified atom stereocenters. The van der Waals surface area contributed by atoms with Crippen LogP contribution in [-0.2, 0) is 17.8 Å². The molecule has 5 nitrogen and oxygen atoms in total. The van der Waals surface area contributed by atoms with Gasteiger partial charge < -0.3 is 9.42 Å². The van der Waals surface area contributed by atoms with Crippen LogP contribution in [0.2, 0.25) is 5.02 Å². The van der Waals surface area contributed by atoms with E-state index in [1.54, 1.807) is 24.1 Å². The van der Waals surface area contributed by atoms with Crippen LogP contribution in [0.25, 0.3) is 11.4 Å². The molecular formula is C18H15BrClN3O2. The Bertz CT molecular complexity index is 880. The normalized spacial score (nSPS) is 10.7. The third-order valence-electron chi connectivity index (χ3n) is 3.62. The third kappa shape index (κ3) is 4.67. The molecular weight excluding hydrogens is 406 g/mol. The first-order chi connectivity index (χ1) is 12.0. The first-order valence-corrected chi connectivity index (χ1v) is 8.75. The number of hydrogen-bond acceptors (Lipinski definition) is 4. The summed E-state index contributed by atoms with van der Waals surface area (Å²) < 4.78 is 6.19. The number of rotatable bonds is 5. The SMILES string of the molecule is CN(Cc1nc(-c2cccc(Br)c2)no1)C(=O)Cc1ccc(Cl)cc1. The minimum Gasteiger partial charge on any atom is -0.337 e. The van der Waals surface area contributed by atoms with E-state index in [-0.39, 0.29) is 12.5 Å². The molecule has 0 aliphatic rings. The van der Waals surface area contributed by atoms with E-state index >= 15 is 0 Å². The number of aromatic nitrogens is 2. The van der Waals surface area contributed by atoms with Gasteiger partial charge in [-0.3, -0.25) is 4.79 Å². The standard InChI is InChI=1S/C18H15BrClN3O2/c1-23(17(24)9-12-5-7-15(20)8-6-12)11-16-21-18(22-25-16)13-3-2-4-14(19)10-13/h2-8,10H,9,11H2,1H3. The quantitative estimate of drug-likeness (QED) is 0.615. The molecule has 0 fully saturated rings. The van der Waals surface area contributed by atoms with Crippen LogP contribution in [0.15, 0.2) is 57.5 Å². The van der Waals surface area contributed by atoms with E-state index in [0.717, 1.165) is 15.6 Å². The van der Waals surface area contributed by atoms with Gasteiger partial charge in [0.05, 0.1) is 13.0 Å². The molecule has 7 heteroatoms. The lowest BCUT2D eigenvalue weighted by atomic mass is 10.1. The molecule has 0 radical (unpaired) electrons. The van der Waals surface area contributed by atoms with Crippen molar-refractivity contribution in [2.24, 2.45) is 0 Å². The Morgan fingerprint density at radius 1 is 1.24 bits per heavy atom. The van der Waals surface area contributed by atoms with Crippen molar-refractivity contribution in [3.05, 3.63) is 69.5 Å². The van der Waals surface area contributed by atoms with Crippen molar-refractivity contribution in [2.45, 2.75) is 13.0 Å². The molecule has 1 heterocycles. The number of carbonyl (C=O) groups is 1. The van der Waals surface area contributed by atoms with E-state index in [4.69, 9.17) is 16.1 Å². The van der Waals surface area contributed by atoms with Crippen LogP contribution < -0.4 is 0 Å². The highest BCUT2D eigenvalue weighted by molar-refractivity contribution is 9.10. The van der Waals surface area contributed by atoms with Gasteiger partial charge in [-0.1, -0.05) is 57.0 Å². The minimum absolute atomic E-state index is 0.0375. The molecule has 0 saturated heterocycles. The summed E-state index contributed by atoms with van der Waals surface area (Å²) in [6, 6.07) is 14.8. The Kier molecular flexibility index (Phi) is 5.50. The van der Waals surface area contributed by atoms with Crippen molar-refractivity contribution in [1.82, 2.24) is 15.0 Å². The van der Waals surface area contributed by atoms with Gasteiger partial charge in [-0.2, -0.15) is 4.98 Å². The van der Waals surface area contributed by atoms with E-state index in [9.17, 15) is 4.79 Å². The zero-order valence-corrected chi connectivity index (χ0v) is 15.8. The summed E-state index contributed by atoms with van der Waals surface area (Å²) in [6.07, 6.45) is 0.292. The van der Waals surface area contributed by atoms with E-state index in [1.807, 2.05) is 36.4 Å². The Balaban J connectivity index is 1.64. The smallest absolute Gasteiger partial charge is 0.246 e. The number of hydrogen-bond donors (Lipinski definition) is 0. The summed E-state index contributed by atoms with van der Waals surface area (Å²) in [5.74, 6) is 0.848. The van der Waals surface area contributed by atoms with Gasteiger partial charge >= 0.3 is 0 Å². The van der Waals surface area contributed by atoms with Crippen molar-refractivity contribution >= 4 is 33.4 Å². The molecule has 0 bridgehead atoms. The summed E-state index contributed by atoms with van der Waals surface area (Å²) in [5.41, 5.74) is 1.75. The van der Waals surface area contributed by atoms with Crippen molar-refractivity contribution in [2.75, 3.05) is 7.05 Å². The highest BCUT2D eigenvalue weighted by Gasteiger charge is 2.15. The number of benzene rings is 2. The van der Waals surface area contributed by atoms with Gasteiger partial charge in [-0.05, 0) is 29.8 Å². The molecule has 1 aromatic heterocycles. The second kappa shape index (κ2) is 7.80. The molecule has 3 aromatic rings. The van der Waals surface area contributed by atoms with Gasteiger partial charge in [-0.25, -0.2) is 0 Å². The predicted molar refractivity (Wildman–Crippen MR) is 99.1 cm³/mol. The van der Waals surface area contributed by atoms with Crippen molar-refractivity contribution in [3.63, 3.8) is 0 Å². The van der Waals surface area contributed by atoms with Gasteiger partial charge in [0.2, 0.25) is 17.6 Å². The topological polar surface area (TPSA) is 59.2 Å². The molecule has 128 valence electrons. The second-order valence-corrected chi connectivity index (χ2v) is 6.93. The molecule has 0 aliphatic heterocycles. The van der Waals surface area contributed by atoms with Crippen LogP contribution >= 0.6 is 27.5 Å². The molecule has 0 spiro atoms. The van der Waals surface area contributed by atoms with Gasteiger partial charge in [0.1, 0.15) is 0 Å². The maximum Gasteiger partial charge on any atom is 0.246 e. The first kappa shape index (κ1) is 17.6. The predicted octanol–water partition coefficient (Wildman–Crippen LogP) is 4.35. The number of carbonyl (C=O) groups excluding carboxylic acids is 1. The molecule has 1 amide bonds. The number of halogens is 2. The first-order valence-electron chi connectivity index (χ1n) is 7.58. The van der Waals surface area contributed by atoms with Crippen LogP contribution in [0.4, 0.5) is 0 Å². The Morgan fingerprint density at radius 2 is 2.00 bits per heavy atom. The highest BCUT2D eigenvalue weighted by atomic mass is 79.9. The molecule has 0 N–H and O–H groups in total. The van der Waals surface area contributed by atoms with E-state index in [0.29, 0.717) is 23.2 Å². The maximum absolute atomic E-state index is 12.3. The average molecular weight is 421 g/mol. The minimum atomic E-state index is -0.0375. The summed E-state index contributed by atoms with van der Waals surface area (Å²) in [5, 5.41) is 4.62. The lowest BCUT2D eigenvalue weighted by Gasteiger charge is -2.14. The second-order valence-electron chi connectivity index (χ2n) is 5.58. The summed E-state index contributed by atoms with van der Waals surface area (Å²) in [4.78, 5) is 18.2. The summed E-state index contributed by atoms with van der Waals surface area (Å²) in [6.45, 7) is 0.257. The Labute approximate surface area is 158 Å². The van der Waals surface area contributed by atoms with Gasteiger partial charge in [0, 0.05) is 22.1 Å². The molecule has 25 heavy (non-hydrogen) atoms. The Morgan fingerprint density at radius 3 is 2.72 bits per heavy atom.